The number of hydrogen-bond acceptors (Lipinski definition) is 2. The summed E-state index contributed by atoms with van der Waals surface area (Å²) in [5.74, 6) is 0.765. The topological polar surface area (TPSA) is 37.3 Å². The van der Waals surface area contributed by atoms with E-state index >= 15 is 0 Å². The van der Waals surface area contributed by atoms with Crippen LogP contribution in [0.3, 0.4) is 0 Å². The van der Waals surface area contributed by atoms with Crippen LogP contribution in [0.25, 0.3) is 0 Å². The molecule has 0 aromatic rings. The first-order chi connectivity index (χ1) is 5.77. The van der Waals surface area contributed by atoms with Crippen LogP contribution in [-0.2, 0) is 0 Å². The molecule has 1 N–H and O–H groups in total. The van der Waals surface area contributed by atoms with Crippen molar-refractivity contribution in [1.82, 2.24) is 0 Å². The Labute approximate surface area is 78.7 Å². The summed E-state index contributed by atoms with van der Waals surface area (Å²) in [6.07, 6.45) is 7.36. The van der Waals surface area contributed by atoms with Crippen molar-refractivity contribution in [1.29, 1.82) is 0 Å². The first-order valence-corrected chi connectivity index (χ1v) is 5.61. The van der Waals surface area contributed by atoms with Gasteiger partial charge in [0.1, 0.15) is 0 Å². The second-order valence-electron chi connectivity index (χ2n) is 2.88. The monoisotopic (exact) mass is 190 g/mol. The summed E-state index contributed by atoms with van der Waals surface area (Å²) in [7, 11) is 0. The van der Waals surface area contributed by atoms with Crippen LogP contribution in [0.5, 0.6) is 0 Å². The van der Waals surface area contributed by atoms with Crippen molar-refractivity contribution >= 4 is 17.1 Å². The van der Waals surface area contributed by atoms with Gasteiger partial charge in [-0.2, -0.15) is 0 Å². The molecule has 0 fully saturated rings. The molecule has 0 saturated heterocycles. The fourth-order valence-electron chi connectivity index (χ4n) is 1.04. The molecule has 0 aliphatic rings. The maximum Gasteiger partial charge on any atom is 0.364 e. The number of hydrogen-bond donors (Lipinski definition) is 1. The van der Waals surface area contributed by atoms with Crippen molar-refractivity contribution in [2.75, 3.05) is 5.75 Å². The Bertz CT molecular complexity index is 115. The Morgan fingerprint density at radius 1 is 1.17 bits per heavy atom. The summed E-state index contributed by atoms with van der Waals surface area (Å²) < 4.78 is 0. The number of carbonyl (C=O) groups is 1. The van der Waals surface area contributed by atoms with Gasteiger partial charge in [-0.15, -0.1) is 0 Å². The number of rotatable bonds is 7. The molecule has 0 aliphatic heterocycles. The van der Waals surface area contributed by atoms with Gasteiger partial charge in [0.25, 0.3) is 0 Å². The predicted molar refractivity (Wildman–Crippen MR) is 53.9 cm³/mol. The smallest absolute Gasteiger partial charge is 0.364 e. The Kier molecular flexibility index (Phi) is 8.78. The average molecular weight is 190 g/mol. The van der Waals surface area contributed by atoms with E-state index in [2.05, 4.69) is 6.92 Å². The molecule has 2 nitrogen and oxygen atoms in total. The van der Waals surface area contributed by atoms with Gasteiger partial charge in [0.15, 0.2) is 0 Å². The lowest BCUT2D eigenvalue weighted by atomic mass is 10.1. The molecule has 3 heteroatoms. The molecule has 0 amide bonds. The Morgan fingerprint density at radius 2 is 1.75 bits per heavy atom. The summed E-state index contributed by atoms with van der Waals surface area (Å²) in [4.78, 5) is 10.1. The first kappa shape index (κ1) is 11.8. The molecule has 0 saturated carbocycles. The first-order valence-electron chi connectivity index (χ1n) is 4.63. The molecule has 0 aliphatic carbocycles. The van der Waals surface area contributed by atoms with Crippen LogP contribution in [0.15, 0.2) is 0 Å². The SMILES string of the molecule is CCCCCCCCSC(=O)O. The van der Waals surface area contributed by atoms with Crippen LogP contribution >= 0.6 is 11.8 Å². The second kappa shape index (κ2) is 8.91. The number of unbranched alkanes of at least 4 members (excludes halogenated alkanes) is 5. The lowest BCUT2D eigenvalue weighted by Gasteiger charge is -1.98. The van der Waals surface area contributed by atoms with Crippen LogP contribution in [-0.4, -0.2) is 16.2 Å². The molecule has 0 aromatic heterocycles. The van der Waals surface area contributed by atoms with Crippen LogP contribution in [0, 0.1) is 0 Å². The lowest BCUT2D eigenvalue weighted by molar-refractivity contribution is 0.222. The maximum atomic E-state index is 10.1. The molecule has 0 unspecified atom stereocenters. The van der Waals surface area contributed by atoms with Crippen molar-refractivity contribution < 1.29 is 9.90 Å². The van der Waals surface area contributed by atoms with Gasteiger partial charge < -0.3 is 5.11 Å². The van der Waals surface area contributed by atoms with E-state index in [4.69, 9.17) is 5.11 Å². The largest absolute Gasteiger partial charge is 0.473 e. The quantitative estimate of drug-likeness (QED) is 0.621. The van der Waals surface area contributed by atoms with E-state index in [0.717, 1.165) is 23.9 Å². The van der Waals surface area contributed by atoms with Crippen LogP contribution in [0.1, 0.15) is 45.4 Å². The fraction of sp³-hybridized carbons (Fsp3) is 0.889. The minimum Gasteiger partial charge on any atom is -0.473 e. The highest BCUT2D eigenvalue weighted by molar-refractivity contribution is 8.13. The van der Waals surface area contributed by atoms with E-state index < -0.39 is 5.30 Å². The summed E-state index contributed by atoms with van der Waals surface area (Å²) in [6.45, 7) is 2.19. The summed E-state index contributed by atoms with van der Waals surface area (Å²) in [6, 6.07) is 0. The highest BCUT2D eigenvalue weighted by Crippen LogP contribution is 2.09. The van der Waals surface area contributed by atoms with E-state index in [9.17, 15) is 4.79 Å². The zero-order valence-corrected chi connectivity index (χ0v) is 8.53. The zero-order chi connectivity index (χ0) is 9.23. The molecule has 12 heavy (non-hydrogen) atoms. The molecule has 0 atom stereocenters. The van der Waals surface area contributed by atoms with Gasteiger partial charge in [-0.3, -0.25) is 0 Å². The van der Waals surface area contributed by atoms with E-state index in [1.165, 1.54) is 32.1 Å². The minimum atomic E-state index is -0.747. The lowest BCUT2D eigenvalue weighted by Crippen LogP contribution is -1.87. The normalized spacial score (nSPS) is 10.1. The standard InChI is InChI=1S/C9H18O2S/c1-2-3-4-5-6-7-8-12-9(10)11/h2-8H2,1H3,(H,10,11). The summed E-state index contributed by atoms with van der Waals surface area (Å²) in [5.41, 5.74) is 0. The molecular formula is C9H18O2S. The van der Waals surface area contributed by atoms with Crippen LogP contribution in [0.4, 0.5) is 4.79 Å². The molecule has 0 rings (SSSR count). The predicted octanol–water partition coefficient (Wildman–Crippen LogP) is 3.76. The Morgan fingerprint density at radius 3 is 2.33 bits per heavy atom. The second-order valence-corrected chi connectivity index (χ2v) is 3.93. The third-order valence-corrected chi connectivity index (χ3v) is 2.46. The third kappa shape index (κ3) is 9.82. The van der Waals surface area contributed by atoms with Crippen LogP contribution in [0.2, 0.25) is 0 Å². The summed E-state index contributed by atoms with van der Waals surface area (Å²) >= 11 is 1.01. The third-order valence-electron chi connectivity index (χ3n) is 1.72. The van der Waals surface area contributed by atoms with Crippen molar-refractivity contribution in [3.63, 3.8) is 0 Å². The van der Waals surface area contributed by atoms with Gasteiger partial charge in [-0.1, -0.05) is 39.0 Å². The van der Waals surface area contributed by atoms with Gasteiger partial charge in [0, 0.05) is 5.75 Å². The van der Waals surface area contributed by atoms with Crippen molar-refractivity contribution in [2.24, 2.45) is 0 Å². The Hall–Kier alpha value is -0.180. The molecule has 72 valence electrons. The molecule has 0 radical (unpaired) electrons. The molecular weight excluding hydrogens is 172 g/mol. The number of thioether (sulfide) groups is 1. The van der Waals surface area contributed by atoms with E-state index in [0.29, 0.717) is 0 Å². The van der Waals surface area contributed by atoms with Crippen molar-refractivity contribution in [3.05, 3.63) is 0 Å². The van der Waals surface area contributed by atoms with Crippen LogP contribution < -0.4 is 0 Å². The van der Waals surface area contributed by atoms with E-state index in [1.807, 2.05) is 0 Å². The highest BCUT2D eigenvalue weighted by atomic mass is 32.2. The molecule has 0 spiro atoms. The van der Waals surface area contributed by atoms with Gasteiger partial charge >= 0.3 is 5.30 Å². The molecule has 0 bridgehead atoms. The van der Waals surface area contributed by atoms with Gasteiger partial charge in [-0.05, 0) is 18.2 Å². The van der Waals surface area contributed by atoms with Gasteiger partial charge in [-0.25, -0.2) is 4.79 Å². The number of carboxylic acid groups (broad SMARTS) is 1. The van der Waals surface area contributed by atoms with E-state index in [-0.39, 0.29) is 0 Å². The van der Waals surface area contributed by atoms with Crippen molar-refractivity contribution in [2.45, 2.75) is 45.4 Å². The zero-order valence-electron chi connectivity index (χ0n) is 7.71. The minimum absolute atomic E-state index is 0.747. The Balaban J connectivity index is 2.86. The average Bonchev–Trinajstić information content (AvgIpc) is 2.02. The molecule has 0 aromatic carbocycles. The maximum absolute atomic E-state index is 10.1. The van der Waals surface area contributed by atoms with Crippen molar-refractivity contribution in [3.8, 4) is 0 Å². The molecule has 0 heterocycles. The van der Waals surface area contributed by atoms with Gasteiger partial charge in [0.2, 0.25) is 0 Å². The summed E-state index contributed by atoms with van der Waals surface area (Å²) in [5, 5.41) is 7.57. The van der Waals surface area contributed by atoms with Gasteiger partial charge in [0.05, 0.1) is 0 Å². The van der Waals surface area contributed by atoms with E-state index in [1.54, 1.807) is 0 Å². The highest BCUT2D eigenvalue weighted by Gasteiger charge is 1.96. The fourth-order valence-corrected chi connectivity index (χ4v) is 1.56.